The first-order chi connectivity index (χ1) is 9.57. The van der Waals surface area contributed by atoms with E-state index in [1.165, 1.54) is 32.1 Å². The largest absolute Gasteiger partial charge is 0.480 e. The zero-order chi connectivity index (χ0) is 14.2. The number of nitrogens with zero attached hydrogens (tertiary/aromatic N) is 1. The molecule has 2 aliphatic rings. The molecule has 1 heterocycles. The van der Waals surface area contributed by atoms with E-state index < -0.39 is 11.5 Å². The van der Waals surface area contributed by atoms with Gasteiger partial charge >= 0.3 is 5.97 Å². The van der Waals surface area contributed by atoms with E-state index in [2.05, 4.69) is 4.90 Å². The van der Waals surface area contributed by atoms with Crippen LogP contribution in [-0.2, 0) is 10.3 Å². The number of hydrogen-bond donors (Lipinski definition) is 1. The standard InChI is InChI=1S/C17H23NO2/c1-16(15(19)20,14-8-4-2-5-9-14)18-12-17(13-18)10-6-3-7-11-17/h2,4-5,8-9H,3,6-7,10-13H2,1H3,(H,19,20). The smallest absolute Gasteiger partial charge is 0.328 e. The minimum atomic E-state index is -0.885. The quantitative estimate of drug-likeness (QED) is 0.919. The zero-order valence-corrected chi connectivity index (χ0v) is 12.1. The molecule has 3 heteroatoms. The second-order valence-electron chi connectivity index (χ2n) is 6.66. The molecule has 0 amide bonds. The highest BCUT2D eigenvalue weighted by Crippen LogP contribution is 2.48. The first kappa shape index (κ1) is 13.6. The lowest BCUT2D eigenvalue weighted by molar-refractivity contribution is -0.165. The van der Waals surface area contributed by atoms with Crippen LogP contribution in [0.5, 0.6) is 0 Å². The highest BCUT2D eigenvalue weighted by molar-refractivity contribution is 5.80. The lowest BCUT2D eigenvalue weighted by Crippen LogP contribution is -2.65. The summed E-state index contributed by atoms with van der Waals surface area (Å²) in [6.07, 6.45) is 6.50. The fraction of sp³-hybridized carbons (Fsp3) is 0.588. The molecule has 20 heavy (non-hydrogen) atoms. The molecule has 1 atom stereocenters. The third-order valence-corrected chi connectivity index (χ3v) is 5.35. The maximum Gasteiger partial charge on any atom is 0.328 e. The van der Waals surface area contributed by atoms with E-state index in [4.69, 9.17) is 0 Å². The number of carboxylic acid groups (broad SMARTS) is 1. The number of hydrogen-bond acceptors (Lipinski definition) is 2. The van der Waals surface area contributed by atoms with Crippen LogP contribution in [0.4, 0.5) is 0 Å². The number of carboxylic acids is 1. The molecule has 1 aromatic rings. The molecule has 1 saturated heterocycles. The average molecular weight is 273 g/mol. The predicted molar refractivity (Wildman–Crippen MR) is 78.5 cm³/mol. The normalized spacial score (nSPS) is 24.9. The summed E-state index contributed by atoms with van der Waals surface area (Å²) in [6.45, 7) is 3.72. The van der Waals surface area contributed by atoms with Crippen LogP contribution in [-0.4, -0.2) is 29.1 Å². The van der Waals surface area contributed by atoms with Crippen LogP contribution in [0.25, 0.3) is 0 Å². The van der Waals surface area contributed by atoms with E-state index in [0.717, 1.165) is 18.7 Å². The fourth-order valence-corrected chi connectivity index (χ4v) is 3.90. The van der Waals surface area contributed by atoms with Gasteiger partial charge in [-0.05, 0) is 30.7 Å². The van der Waals surface area contributed by atoms with Crippen LogP contribution in [0.3, 0.4) is 0 Å². The van der Waals surface area contributed by atoms with E-state index in [9.17, 15) is 9.90 Å². The molecule has 1 aromatic carbocycles. The Morgan fingerprint density at radius 3 is 2.30 bits per heavy atom. The minimum Gasteiger partial charge on any atom is -0.480 e. The Balaban J connectivity index is 1.81. The Hall–Kier alpha value is -1.35. The molecule has 1 saturated carbocycles. The van der Waals surface area contributed by atoms with E-state index >= 15 is 0 Å². The van der Waals surface area contributed by atoms with Gasteiger partial charge in [-0.2, -0.15) is 0 Å². The third kappa shape index (κ3) is 2.05. The minimum absolute atomic E-state index is 0.406. The van der Waals surface area contributed by atoms with Gasteiger partial charge < -0.3 is 5.11 Å². The summed E-state index contributed by atoms with van der Waals surface area (Å²) in [5, 5.41) is 9.77. The predicted octanol–water partition coefficient (Wildman–Crippen LogP) is 3.25. The van der Waals surface area contributed by atoms with Crippen LogP contribution >= 0.6 is 0 Å². The molecule has 0 aromatic heterocycles. The Morgan fingerprint density at radius 2 is 1.75 bits per heavy atom. The summed E-state index contributed by atoms with van der Waals surface area (Å²) in [7, 11) is 0. The zero-order valence-electron chi connectivity index (χ0n) is 12.1. The van der Waals surface area contributed by atoms with E-state index in [1.807, 2.05) is 37.3 Å². The van der Waals surface area contributed by atoms with Gasteiger partial charge in [0.25, 0.3) is 0 Å². The van der Waals surface area contributed by atoms with Gasteiger partial charge in [-0.25, -0.2) is 4.79 Å². The van der Waals surface area contributed by atoms with Gasteiger partial charge in [0.2, 0.25) is 0 Å². The van der Waals surface area contributed by atoms with Crippen molar-refractivity contribution in [2.45, 2.75) is 44.6 Å². The van der Waals surface area contributed by atoms with Gasteiger partial charge in [0.1, 0.15) is 5.54 Å². The Morgan fingerprint density at radius 1 is 1.15 bits per heavy atom. The van der Waals surface area contributed by atoms with Crippen LogP contribution < -0.4 is 0 Å². The number of carbonyl (C=O) groups is 1. The van der Waals surface area contributed by atoms with Crippen LogP contribution in [0.15, 0.2) is 30.3 Å². The van der Waals surface area contributed by atoms with Crippen molar-refractivity contribution in [3.8, 4) is 0 Å². The Labute approximate surface area is 120 Å². The number of aliphatic carboxylic acids is 1. The first-order valence-corrected chi connectivity index (χ1v) is 7.61. The molecule has 1 aliphatic carbocycles. The van der Waals surface area contributed by atoms with Crippen LogP contribution in [0.1, 0.15) is 44.6 Å². The van der Waals surface area contributed by atoms with Gasteiger partial charge in [-0.1, -0.05) is 49.6 Å². The first-order valence-electron chi connectivity index (χ1n) is 7.61. The highest BCUT2D eigenvalue weighted by atomic mass is 16.4. The van der Waals surface area contributed by atoms with Crippen molar-refractivity contribution in [2.24, 2.45) is 5.41 Å². The van der Waals surface area contributed by atoms with Gasteiger partial charge in [-0.15, -0.1) is 0 Å². The molecule has 3 nitrogen and oxygen atoms in total. The summed E-state index contributed by atoms with van der Waals surface area (Å²) >= 11 is 0. The second-order valence-corrected chi connectivity index (χ2v) is 6.66. The van der Waals surface area contributed by atoms with E-state index in [-0.39, 0.29) is 0 Å². The van der Waals surface area contributed by atoms with Crippen LogP contribution in [0, 0.1) is 5.41 Å². The van der Waals surface area contributed by atoms with Crippen molar-refractivity contribution in [3.63, 3.8) is 0 Å². The maximum absolute atomic E-state index is 11.9. The summed E-state index contributed by atoms with van der Waals surface area (Å²) in [5.74, 6) is -0.741. The molecular weight excluding hydrogens is 250 g/mol. The summed E-state index contributed by atoms with van der Waals surface area (Å²) in [4.78, 5) is 14.0. The van der Waals surface area contributed by atoms with Gasteiger partial charge in [0.05, 0.1) is 0 Å². The summed E-state index contributed by atoms with van der Waals surface area (Å²) in [6, 6.07) is 9.64. The molecule has 1 N–H and O–H groups in total. The SMILES string of the molecule is CC(C(=O)O)(c1ccccc1)N1CC2(CCCCC2)C1. The van der Waals surface area contributed by atoms with E-state index in [1.54, 1.807) is 0 Å². The maximum atomic E-state index is 11.9. The molecule has 1 spiro atoms. The summed E-state index contributed by atoms with van der Waals surface area (Å²) in [5.41, 5.74) is 0.409. The number of benzene rings is 1. The average Bonchev–Trinajstić information content (AvgIpc) is 2.45. The molecule has 1 unspecified atom stereocenters. The van der Waals surface area contributed by atoms with Crippen molar-refractivity contribution in [2.75, 3.05) is 13.1 Å². The van der Waals surface area contributed by atoms with Crippen molar-refractivity contribution in [1.82, 2.24) is 4.90 Å². The number of rotatable bonds is 3. The van der Waals surface area contributed by atoms with E-state index in [0.29, 0.717) is 5.41 Å². The Kier molecular flexibility index (Phi) is 3.33. The summed E-state index contributed by atoms with van der Waals surface area (Å²) < 4.78 is 0. The molecule has 1 aliphatic heterocycles. The topological polar surface area (TPSA) is 40.5 Å². The molecule has 2 fully saturated rings. The van der Waals surface area contributed by atoms with Gasteiger partial charge in [0, 0.05) is 13.1 Å². The van der Waals surface area contributed by atoms with Gasteiger partial charge in [0.15, 0.2) is 0 Å². The lowest BCUT2D eigenvalue weighted by atomic mass is 9.66. The van der Waals surface area contributed by atoms with Crippen molar-refractivity contribution in [1.29, 1.82) is 0 Å². The third-order valence-electron chi connectivity index (χ3n) is 5.35. The van der Waals surface area contributed by atoms with Gasteiger partial charge in [-0.3, -0.25) is 4.90 Å². The molecule has 0 radical (unpaired) electrons. The fourth-order valence-electron chi connectivity index (χ4n) is 3.90. The molecule has 108 valence electrons. The van der Waals surface area contributed by atoms with Crippen LogP contribution in [0.2, 0.25) is 0 Å². The monoisotopic (exact) mass is 273 g/mol. The second kappa shape index (κ2) is 4.88. The van der Waals surface area contributed by atoms with Crippen molar-refractivity contribution < 1.29 is 9.90 Å². The van der Waals surface area contributed by atoms with Crippen molar-refractivity contribution in [3.05, 3.63) is 35.9 Å². The number of likely N-dealkylation sites (tertiary alicyclic amines) is 1. The lowest BCUT2D eigenvalue weighted by Gasteiger charge is -2.57. The molecular formula is C17H23NO2. The van der Waals surface area contributed by atoms with Crippen molar-refractivity contribution >= 4 is 5.97 Å². The molecule has 0 bridgehead atoms. The highest BCUT2D eigenvalue weighted by Gasteiger charge is 2.53. The Bertz CT molecular complexity index is 485. The molecule has 3 rings (SSSR count).